The van der Waals surface area contributed by atoms with Gasteiger partial charge in [-0.05, 0) is 48.4 Å². The fourth-order valence-electron chi connectivity index (χ4n) is 3.03. The Balaban J connectivity index is 0.000000429. The number of aromatic nitrogens is 2. The fraction of sp³-hybridized carbons (Fsp3) is 0.174. The van der Waals surface area contributed by atoms with Crippen molar-refractivity contribution in [1.82, 2.24) is 9.97 Å². The molecular formula is C23H19F3N4O5. The van der Waals surface area contributed by atoms with E-state index in [1.54, 1.807) is 12.1 Å². The summed E-state index contributed by atoms with van der Waals surface area (Å²) in [6.45, 7) is 0. The third-order valence-corrected chi connectivity index (χ3v) is 4.97. The molecule has 5 N–H and O–H groups in total. The molecule has 2 atom stereocenters. The maximum Gasteiger partial charge on any atom is 0.490 e. The van der Waals surface area contributed by atoms with E-state index in [0.717, 1.165) is 6.42 Å². The minimum absolute atomic E-state index is 0.108. The minimum atomic E-state index is -5.08. The standard InChI is InChI=1S/C21H18N4O3.C2HF3O2/c22-17-11-16(17)12-1-3-15(4-2-12)25-20(26)13-5-7-23-18(9-13)19-10-14(21(27)28)6-8-24-19;3-2(4,5)1(6)7/h1-10,16-17H,11,22H2,(H,25,26)(H,27,28);(H,6,7)/t16-,17+;/m0./s1. The molecule has 4 rings (SSSR count). The summed E-state index contributed by atoms with van der Waals surface area (Å²) in [5.74, 6) is -3.67. The van der Waals surface area contributed by atoms with Crippen LogP contribution in [0, 0.1) is 0 Å². The molecule has 2 aromatic heterocycles. The van der Waals surface area contributed by atoms with Crippen LogP contribution in [-0.2, 0) is 4.79 Å². The summed E-state index contributed by atoms with van der Waals surface area (Å²) in [6.07, 6.45) is -1.18. The van der Waals surface area contributed by atoms with Crippen molar-refractivity contribution in [3.05, 3.63) is 77.6 Å². The summed E-state index contributed by atoms with van der Waals surface area (Å²) in [6, 6.07) is 13.9. The number of halogens is 3. The molecule has 0 unspecified atom stereocenters. The number of pyridine rings is 2. The van der Waals surface area contributed by atoms with Gasteiger partial charge in [-0.1, -0.05) is 12.1 Å². The third-order valence-electron chi connectivity index (χ3n) is 4.97. The molecule has 0 saturated heterocycles. The number of carbonyl (C=O) groups excluding carboxylic acids is 1. The Kier molecular flexibility index (Phi) is 7.45. The minimum Gasteiger partial charge on any atom is -0.478 e. The molecule has 1 amide bonds. The molecule has 0 spiro atoms. The highest BCUT2D eigenvalue weighted by Crippen LogP contribution is 2.39. The average Bonchev–Trinajstić information content (AvgIpc) is 3.56. The summed E-state index contributed by atoms with van der Waals surface area (Å²) in [4.78, 5) is 41.0. The molecule has 0 radical (unpaired) electrons. The lowest BCUT2D eigenvalue weighted by Gasteiger charge is -2.08. The molecule has 1 saturated carbocycles. The number of carboxylic acid groups (broad SMARTS) is 2. The third kappa shape index (κ3) is 6.84. The number of nitrogens with two attached hydrogens (primary N) is 1. The van der Waals surface area contributed by atoms with Gasteiger partial charge in [0.05, 0.1) is 17.0 Å². The topological polar surface area (TPSA) is 155 Å². The van der Waals surface area contributed by atoms with Crippen molar-refractivity contribution in [3.8, 4) is 11.4 Å². The highest BCUT2D eigenvalue weighted by Gasteiger charge is 2.38. The summed E-state index contributed by atoms with van der Waals surface area (Å²) in [5.41, 5.74) is 9.06. The number of aliphatic carboxylic acids is 1. The molecule has 9 nitrogen and oxygen atoms in total. The van der Waals surface area contributed by atoms with Gasteiger partial charge in [-0.2, -0.15) is 13.2 Å². The van der Waals surface area contributed by atoms with E-state index in [0.29, 0.717) is 28.6 Å². The number of nitrogens with one attached hydrogen (secondary N) is 1. The Labute approximate surface area is 196 Å². The molecule has 1 fully saturated rings. The first-order chi connectivity index (χ1) is 16.5. The summed E-state index contributed by atoms with van der Waals surface area (Å²) >= 11 is 0. The summed E-state index contributed by atoms with van der Waals surface area (Å²) in [5, 5.41) is 19.1. The van der Waals surface area contributed by atoms with Crippen molar-refractivity contribution in [2.24, 2.45) is 5.73 Å². The number of rotatable bonds is 5. The van der Waals surface area contributed by atoms with Gasteiger partial charge in [-0.25, -0.2) is 9.59 Å². The lowest BCUT2D eigenvalue weighted by molar-refractivity contribution is -0.192. The number of aromatic carboxylic acids is 1. The van der Waals surface area contributed by atoms with E-state index in [9.17, 15) is 22.8 Å². The van der Waals surface area contributed by atoms with Crippen LogP contribution in [0.4, 0.5) is 18.9 Å². The van der Waals surface area contributed by atoms with Gasteiger partial charge in [0.25, 0.3) is 5.91 Å². The monoisotopic (exact) mass is 488 g/mol. The van der Waals surface area contributed by atoms with Crippen LogP contribution in [0.2, 0.25) is 0 Å². The number of amides is 1. The Hall–Kier alpha value is -4.32. The molecule has 1 aliphatic carbocycles. The van der Waals surface area contributed by atoms with E-state index in [1.807, 2.05) is 24.3 Å². The van der Waals surface area contributed by atoms with E-state index in [4.69, 9.17) is 20.7 Å². The van der Waals surface area contributed by atoms with Crippen LogP contribution in [-0.4, -0.2) is 50.2 Å². The molecule has 35 heavy (non-hydrogen) atoms. The molecule has 1 aromatic carbocycles. The van der Waals surface area contributed by atoms with Crippen molar-refractivity contribution in [1.29, 1.82) is 0 Å². The van der Waals surface area contributed by atoms with Crippen molar-refractivity contribution < 1.29 is 37.8 Å². The van der Waals surface area contributed by atoms with Crippen LogP contribution in [0.5, 0.6) is 0 Å². The molecule has 0 aliphatic heterocycles. The summed E-state index contributed by atoms with van der Waals surface area (Å²) in [7, 11) is 0. The number of alkyl halides is 3. The number of carboxylic acids is 2. The van der Waals surface area contributed by atoms with E-state index < -0.39 is 18.1 Å². The first-order valence-electron chi connectivity index (χ1n) is 10.1. The van der Waals surface area contributed by atoms with Gasteiger partial charge in [-0.3, -0.25) is 14.8 Å². The molecular weight excluding hydrogens is 469 g/mol. The average molecular weight is 488 g/mol. The second-order valence-corrected chi connectivity index (χ2v) is 7.55. The normalized spacial score (nSPS) is 16.5. The van der Waals surface area contributed by atoms with Gasteiger partial charge >= 0.3 is 18.1 Å². The number of hydrogen-bond donors (Lipinski definition) is 4. The smallest absolute Gasteiger partial charge is 0.478 e. The van der Waals surface area contributed by atoms with E-state index >= 15 is 0 Å². The van der Waals surface area contributed by atoms with Gasteiger partial charge in [0, 0.05) is 35.6 Å². The van der Waals surface area contributed by atoms with Gasteiger partial charge in [0.15, 0.2) is 0 Å². The summed E-state index contributed by atoms with van der Waals surface area (Å²) < 4.78 is 31.7. The van der Waals surface area contributed by atoms with Crippen LogP contribution in [0.1, 0.15) is 38.6 Å². The molecule has 182 valence electrons. The molecule has 12 heteroatoms. The fourth-order valence-corrected chi connectivity index (χ4v) is 3.03. The van der Waals surface area contributed by atoms with Crippen molar-refractivity contribution in [2.75, 3.05) is 5.32 Å². The largest absolute Gasteiger partial charge is 0.490 e. The maximum atomic E-state index is 12.6. The lowest BCUT2D eigenvalue weighted by atomic mass is 10.1. The van der Waals surface area contributed by atoms with Crippen LogP contribution >= 0.6 is 0 Å². The highest BCUT2D eigenvalue weighted by atomic mass is 19.4. The van der Waals surface area contributed by atoms with Gasteiger partial charge in [0.1, 0.15) is 0 Å². The van der Waals surface area contributed by atoms with Gasteiger partial charge < -0.3 is 21.3 Å². The van der Waals surface area contributed by atoms with E-state index in [-0.39, 0.29) is 17.5 Å². The first-order valence-corrected chi connectivity index (χ1v) is 10.1. The Morgan fingerprint density at radius 3 is 1.86 bits per heavy atom. The van der Waals surface area contributed by atoms with Crippen LogP contribution < -0.4 is 11.1 Å². The Morgan fingerprint density at radius 2 is 1.40 bits per heavy atom. The van der Waals surface area contributed by atoms with E-state index in [1.165, 1.54) is 30.1 Å². The number of hydrogen-bond acceptors (Lipinski definition) is 6. The van der Waals surface area contributed by atoms with Crippen molar-refractivity contribution >= 4 is 23.5 Å². The Bertz CT molecular complexity index is 1250. The predicted octanol–water partition coefficient (Wildman–Crippen LogP) is 3.54. The number of carbonyl (C=O) groups is 3. The number of benzene rings is 1. The Morgan fingerprint density at radius 1 is 0.914 bits per heavy atom. The van der Waals surface area contributed by atoms with Crippen molar-refractivity contribution in [3.63, 3.8) is 0 Å². The molecule has 3 aromatic rings. The maximum absolute atomic E-state index is 12.6. The molecule has 2 heterocycles. The van der Waals surface area contributed by atoms with Gasteiger partial charge in [0.2, 0.25) is 0 Å². The van der Waals surface area contributed by atoms with Crippen LogP contribution in [0.3, 0.4) is 0 Å². The van der Waals surface area contributed by atoms with Crippen LogP contribution in [0.25, 0.3) is 11.4 Å². The number of nitrogens with zero attached hydrogens (tertiary/aromatic N) is 2. The van der Waals surface area contributed by atoms with Crippen LogP contribution in [0.15, 0.2) is 60.9 Å². The highest BCUT2D eigenvalue weighted by molar-refractivity contribution is 6.04. The molecule has 0 bridgehead atoms. The van der Waals surface area contributed by atoms with E-state index in [2.05, 4.69) is 15.3 Å². The zero-order valence-corrected chi connectivity index (χ0v) is 17.9. The van der Waals surface area contributed by atoms with Gasteiger partial charge in [-0.15, -0.1) is 0 Å². The first kappa shape index (κ1) is 25.3. The molecule has 1 aliphatic rings. The number of anilines is 1. The second-order valence-electron chi connectivity index (χ2n) is 7.55. The predicted molar refractivity (Wildman–Crippen MR) is 118 cm³/mol. The zero-order chi connectivity index (χ0) is 25.8. The zero-order valence-electron chi connectivity index (χ0n) is 17.9. The quantitative estimate of drug-likeness (QED) is 0.425. The second kappa shape index (κ2) is 10.3. The lowest BCUT2D eigenvalue weighted by Crippen LogP contribution is -2.21. The van der Waals surface area contributed by atoms with Crippen molar-refractivity contribution in [2.45, 2.75) is 24.6 Å². The SMILES string of the molecule is N[C@@H]1C[C@H]1c1ccc(NC(=O)c2ccnc(-c3cc(C(=O)O)ccn3)c2)cc1.O=C(O)C(F)(F)F.